The summed E-state index contributed by atoms with van der Waals surface area (Å²) in [6.07, 6.45) is -4.51. The molecule has 0 aliphatic carbocycles. The van der Waals surface area contributed by atoms with Crippen LogP contribution in [0.4, 0.5) is 13.2 Å². The topological polar surface area (TPSA) is 60.2 Å². The fourth-order valence-corrected chi connectivity index (χ4v) is 2.32. The summed E-state index contributed by atoms with van der Waals surface area (Å²) in [6, 6.07) is 3.67. The van der Waals surface area contributed by atoms with Crippen molar-refractivity contribution in [2.75, 3.05) is 13.1 Å². The van der Waals surface area contributed by atoms with Gasteiger partial charge in [0, 0.05) is 18.7 Å². The first-order chi connectivity index (χ1) is 9.99. The molecule has 0 saturated carbocycles. The van der Waals surface area contributed by atoms with Gasteiger partial charge in [-0.2, -0.15) is 18.2 Å². The van der Waals surface area contributed by atoms with Crippen LogP contribution in [0.2, 0.25) is 0 Å². The Hall–Kier alpha value is -1.36. The molecule has 0 amide bonds. The molecule has 0 spiro atoms. The third kappa shape index (κ3) is 2.84. The van der Waals surface area contributed by atoms with E-state index in [9.17, 15) is 13.2 Å². The van der Waals surface area contributed by atoms with E-state index in [0.717, 1.165) is 19.2 Å². The minimum atomic E-state index is -4.51. The van der Waals surface area contributed by atoms with Gasteiger partial charge in [0.15, 0.2) is 23.0 Å². The van der Waals surface area contributed by atoms with Gasteiger partial charge in [-0.05, 0) is 18.2 Å². The van der Waals surface area contributed by atoms with Gasteiger partial charge in [-0.3, -0.25) is 0 Å². The van der Waals surface area contributed by atoms with Crippen molar-refractivity contribution in [3.8, 4) is 17.1 Å². The maximum absolute atomic E-state index is 13.0. The van der Waals surface area contributed by atoms with Crippen LogP contribution >= 0.6 is 23.0 Å². The van der Waals surface area contributed by atoms with Crippen molar-refractivity contribution in [1.29, 1.82) is 0 Å². The molecule has 1 aliphatic rings. The molecule has 2 aromatic rings. The molecule has 0 radical (unpaired) electrons. The highest BCUT2D eigenvalue weighted by Crippen LogP contribution is 2.39. The second-order valence-corrected chi connectivity index (χ2v) is 5.04. The summed E-state index contributed by atoms with van der Waals surface area (Å²) in [5.41, 5.74) is -0.632. The maximum Gasteiger partial charge on any atom is 0.420 e. The first-order valence-corrected chi connectivity index (χ1v) is 6.91. The summed E-state index contributed by atoms with van der Waals surface area (Å²) in [5, 5.41) is 6.80. The molecule has 5 nitrogen and oxygen atoms in total. The lowest BCUT2D eigenvalue weighted by atomic mass is 10.0. The van der Waals surface area contributed by atoms with E-state index in [-0.39, 0.29) is 23.1 Å². The van der Waals surface area contributed by atoms with E-state index < -0.39 is 11.7 Å². The highest BCUT2D eigenvalue weighted by atomic mass is 127. The zero-order chi connectivity index (χ0) is 15.0. The van der Waals surface area contributed by atoms with Gasteiger partial charge in [-0.1, -0.05) is 5.16 Å². The van der Waals surface area contributed by atoms with E-state index in [2.05, 4.69) is 15.5 Å². The zero-order valence-corrected chi connectivity index (χ0v) is 12.6. The molecule has 1 saturated heterocycles. The van der Waals surface area contributed by atoms with Gasteiger partial charge >= 0.3 is 6.18 Å². The number of nitrogens with one attached hydrogen (secondary N) is 1. The van der Waals surface area contributed by atoms with Gasteiger partial charge in [-0.25, -0.2) is 0 Å². The van der Waals surface area contributed by atoms with Crippen LogP contribution in [0.5, 0.6) is 5.75 Å². The highest BCUT2D eigenvalue weighted by molar-refractivity contribution is 14.1. The van der Waals surface area contributed by atoms with Crippen LogP contribution in [0.3, 0.4) is 0 Å². The Morgan fingerprint density at radius 3 is 2.67 bits per heavy atom. The fourth-order valence-electron chi connectivity index (χ4n) is 1.94. The van der Waals surface area contributed by atoms with Crippen LogP contribution in [0.15, 0.2) is 22.7 Å². The molecule has 112 valence electrons. The Labute approximate surface area is 131 Å². The molecule has 0 bridgehead atoms. The predicted octanol–water partition coefficient (Wildman–Crippen LogP) is 3.17. The summed E-state index contributed by atoms with van der Waals surface area (Å²) < 4.78 is 48.7. The molecule has 1 N–H and O–H groups in total. The van der Waals surface area contributed by atoms with Gasteiger partial charge in [0.25, 0.3) is 0 Å². The van der Waals surface area contributed by atoms with Crippen LogP contribution in [0.25, 0.3) is 11.4 Å². The van der Waals surface area contributed by atoms with E-state index in [1.54, 1.807) is 0 Å². The lowest BCUT2D eigenvalue weighted by Gasteiger charge is -2.22. The Morgan fingerprint density at radius 1 is 1.33 bits per heavy atom. The third-order valence-electron chi connectivity index (χ3n) is 3.20. The molecule has 0 atom stereocenters. The van der Waals surface area contributed by atoms with E-state index in [0.29, 0.717) is 5.89 Å². The molecule has 2 heterocycles. The van der Waals surface area contributed by atoms with Gasteiger partial charge in [0.05, 0.1) is 11.5 Å². The minimum Gasteiger partial charge on any atom is -0.427 e. The van der Waals surface area contributed by atoms with E-state index in [1.807, 2.05) is 0 Å². The molecule has 1 aromatic carbocycles. The maximum atomic E-state index is 13.0. The van der Waals surface area contributed by atoms with Crippen LogP contribution in [-0.2, 0) is 6.18 Å². The van der Waals surface area contributed by atoms with Crippen molar-refractivity contribution in [3.63, 3.8) is 0 Å². The monoisotopic (exact) mass is 411 g/mol. The number of rotatable bonds is 3. The molecule has 0 unspecified atom stereocenters. The summed E-state index contributed by atoms with van der Waals surface area (Å²) in [7, 11) is 0. The van der Waals surface area contributed by atoms with Crippen molar-refractivity contribution in [2.45, 2.75) is 12.1 Å². The Bertz CT molecular complexity index is 655. The van der Waals surface area contributed by atoms with Crippen molar-refractivity contribution in [2.24, 2.45) is 0 Å². The Kier molecular flexibility index (Phi) is 3.78. The Morgan fingerprint density at radius 2 is 2.10 bits per heavy atom. The first kappa shape index (κ1) is 14.6. The smallest absolute Gasteiger partial charge is 0.420 e. The van der Waals surface area contributed by atoms with Crippen LogP contribution in [-0.4, -0.2) is 23.2 Å². The second-order valence-electron chi connectivity index (χ2n) is 4.60. The summed E-state index contributed by atoms with van der Waals surface area (Å²) in [6.45, 7) is 1.47. The lowest BCUT2D eigenvalue weighted by molar-refractivity contribution is -0.138. The average molecular weight is 411 g/mol. The average Bonchev–Trinajstić information content (AvgIpc) is 2.84. The van der Waals surface area contributed by atoms with Crippen molar-refractivity contribution >= 4 is 23.0 Å². The van der Waals surface area contributed by atoms with Gasteiger partial charge in [0.1, 0.15) is 5.75 Å². The number of nitrogens with zero attached hydrogens (tertiary/aromatic N) is 2. The Balaban J connectivity index is 1.96. The predicted molar refractivity (Wildman–Crippen MR) is 75.0 cm³/mol. The SMILES string of the molecule is FC(F)(F)c1cc(-c2noc(C3CNC3)n2)ccc1OI. The number of alkyl halides is 3. The molecule has 1 aliphatic heterocycles. The van der Waals surface area contributed by atoms with E-state index in [4.69, 9.17) is 7.59 Å². The molecule has 9 heteroatoms. The summed E-state index contributed by atoms with van der Waals surface area (Å²) >= 11 is 1.41. The summed E-state index contributed by atoms with van der Waals surface area (Å²) in [5.74, 6) is 0.456. The minimum absolute atomic E-state index is 0.130. The van der Waals surface area contributed by atoms with Crippen LogP contribution in [0.1, 0.15) is 17.4 Å². The largest absolute Gasteiger partial charge is 0.427 e. The first-order valence-electron chi connectivity index (χ1n) is 6.03. The van der Waals surface area contributed by atoms with E-state index in [1.165, 1.54) is 35.1 Å². The van der Waals surface area contributed by atoms with Gasteiger partial charge in [-0.15, -0.1) is 0 Å². The number of halogens is 4. The molecular formula is C12H9F3IN3O2. The molecular weight excluding hydrogens is 402 g/mol. The van der Waals surface area contributed by atoms with Gasteiger partial charge < -0.3 is 12.9 Å². The normalized spacial score (nSPS) is 15.8. The van der Waals surface area contributed by atoms with Crippen molar-refractivity contribution in [3.05, 3.63) is 29.7 Å². The highest BCUT2D eigenvalue weighted by Gasteiger charge is 2.35. The standard InChI is InChI=1S/C12H9F3IN3O2/c13-12(14,15)8-3-6(1-2-9(8)20-16)10-18-11(21-19-10)7-4-17-5-7/h1-3,7,17H,4-5H2. The van der Waals surface area contributed by atoms with Crippen molar-refractivity contribution < 1.29 is 20.8 Å². The molecule has 1 aromatic heterocycles. The molecule has 3 rings (SSSR count). The fraction of sp³-hybridized carbons (Fsp3) is 0.333. The molecule has 21 heavy (non-hydrogen) atoms. The lowest BCUT2D eigenvalue weighted by Crippen LogP contribution is -2.40. The quantitative estimate of drug-likeness (QED) is 0.787. The second kappa shape index (κ2) is 5.44. The van der Waals surface area contributed by atoms with Crippen LogP contribution in [0, 0.1) is 0 Å². The van der Waals surface area contributed by atoms with Crippen molar-refractivity contribution in [1.82, 2.24) is 15.5 Å². The van der Waals surface area contributed by atoms with Gasteiger partial charge in [0.2, 0.25) is 11.7 Å². The third-order valence-corrected chi connectivity index (χ3v) is 3.67. The number of hydrogen-bond donors (Lipinski definition) is 1. The summed E-state index contributed by atoms with van der Waals surface area (Å²) in [4.78, 5) is 4.15. The van der Waals surface area contributed by atoms with E-state index >= 15 is 0 Å². The number of aromatic nitrogens is 2. The number of hydrogen-bond acceptors (Lipinski definition) is 5. The number of benzene rings is 1. The molecule has 1 fully saturated rings. The zero-order valence-electron chi connectivity index (χ0n) is 10.4. The van der Waals surface area contributed by atoms with Crippen LogP contribution < -0.4 is 8.38 Å².